The Morgan fingerprint density at radius 3 is 2.76 bits per heavy atom. The molecule has 2 rings (SSSR count). The number of nitrogens with two attached hydrogens (primary N) is 1. The second-order valence-electron chi connectivity index (χ2n) is 4.75. The Bertz CT molecular complexity index is 654. The van der Waals surface area contributed by atoms with Crippen molar-refractivity contribution in [3.63, 3.8) is 0 Å². The highest BCUT2D eigenvalue weighted by Crippen LogP contribution is 2.29. The van der Waals surface area contributed by atoms with E-state index in [0.29, 0.717) is 5.69 Å². The van der Waals surface area contributed by atoms with Crippen LogP contribution in [-0.2, 0) is 14.6 Å². The fraction of sp³-hybridized carbons (Fsp3) is 0.417. The molecular formula is C12H14BrClN2O3S2. The molecule has 5 nitrogen and oxygen atoms in total. The maximum Gasteiger partial charge on any atom is 0.230 e. The molecule has 116 valence electrons. The third-order valence-corrected chi connectivity index (χ3v) is 7.31. The van der Waals surface area contributed by atoms with Gasteiger partial charge in [0.2, 0.25) is 5.91 Å². The molecule has 1 fully saturated rings. The van der Waals surface area contributed by atoms with E-state index in [0.717, 1.165) is 9.37 Å². The van der Waals surface area contributed by atoms with Crippen molar-refractivity contribution >= 4 is 60.7 Å². The molecule has 1 aliphatic rings. The number of anilines is 1. The summed E-state index contributed by atoms with van der Waals surface area (Å²) in [4.78, 5) is 12.8. The molecule has 0 saturated carbocycles. The Labute approximate surface area is 141 Å². The summed E-state index contributed by atoms with van der Waals surface area (Å²) in [5.74, 6) is -0.237. The van der Waals surface area contributed by atoms with Gasteiger partial charge in [0.25, 0.3) is 0 Å². The van der Waals surface area contributed by atoms with Crippen LogP contribution in [-0.4, -0.2) is 43.0 Å². The van der Waals surface area contributed by atoms with Crippen LogP contribution < -0.4 is 11.1 Å². The molecule has 3 N–H and O–H groups in total. The maximum absolute atomic E-state index is 11.9. The van der Waals surface area contributed by atoms with Gasteiger partial charge in [-0.15, -0.1) is 23.4 Å². The van der Waals surface area contributed by atoms with Crippen molar-refractivity contribution in [3.8, 4) is 0 Å². The van der Waals surface area contributed by atoms with Crippen LogP contribution in [0.2, 0.25) is 0 Å². The first-order valence-corrected chi connectivity index (χ1v) is 10.1. The van der Waals surface area contributed by atoms with Crippen molar-refractivity contribution in [3.05, 3.63) is 22.7 Å². The summed E-state index contributed by atoms with van der Waals surface area (Å²) in [5, 5.41) is 2.11. The molecule has 0 spiro atoms. The zero-order chi connectivity index (χ0) is 15.6. The number of alkyl halides is 1. The van der Waals surface area contributed by atoms with E-state index in [1.54, 1.807) is 12.1 Å². The van der Waals surface area contributed by atoms with Crippen molar-refractivity contribution in [1.82, 2.24) is 5.32 Å². The summed E-state index contributed by atoms with van der Waals surface area (Å²) in [6, 6.07) is 4.82. The molecule has 1 heterocycles. The number of thioether (sulfide) groups is 1. The number of nitrogen functional groups attached to an aromatic ring is 1. The molecule has 0 radical (unpaired) electrons. The summed E-state index contributed by atoms with van der Waals surface area (Å²) in [6.07, 6.45) is 0. The zero-order valence-electron chi connectivity index (χ0n) is 10.9. The Balaban J connectivity index is 1.88. The highest BCUT2D eigenvalue weighted by atomic mass is 79.9. The molecule has 1 aliphatic heterocycles. The van der Waals surface area contributed by atoms with Gasteiger partial charge in [0, 0.05) is 15.1 Å². The molecule has 2 atom stereocenters. The van der Waals surface area contributed by atoms with Crippen molar-refractivity contribution in [2.75, 3.05) is 23.0 Å². The molecular weight excluding hydrogens is 400 g/mol. The smallest absolute Gasteiger partial charge is 0.230 e. The quantitative estimate of drug-likeness (QED) is 0.445. The van der Waals surface area contributed by atoms with Crippen molar-refractivity contribution in [2.24, 2.45) is 0 Å². The summed E-state index contributed by atoms with van der Waals surface area (Å²) < 4.78 is 23.7. The Morgan fingerprint density at radius 2 is 2.19 bits per heavy atom. The average molecular weight is 414 g/mol. The van der Waals surface area contributed by atoms with Gasteiger partial charge in [-0.1, -0.05) is 0 Å². The Morgan fingerprint density at radius 1 is 1.48 bits per heavy atom. The standard InChI is InChI=1S/C12H14BrClN2O3S2/c13-8-3-7(15)1-2-11(8)20-4-12(17)16-10-6-21(18,19)5-9(10)14/h1-3,9-10H,4-6,15H2,(H,16,17). The van der Waals surface area contributed by atoms with Crippen LogP contribution in [0, 0.1) is 0 Å². The molecule has 0 aliphatic carbocycles. The van der Waals surface area contributed by atoms with Gasteiger partial charge >= 0.3 is 0 Å². The van der Waals surface area contributed by atoms with Gasteiger partial charge < -0.3 is 11.1 Å². The maximum atomic E-state index is 11.9. The summed E-state index contributed by atoms with van der Waals surface area (Å²) >= 11 is 10.7. The second-order valence-corrected chi connectivity index (χ2v) is 9.33. The van der Waals surface area contributed by atoms with E-state index < -0.39 is 21.3 Å². The lowest BCUT2D eigenvalue weighted by Crippen LogP contribution is -2.41. The SMILES string of the molecule is Nc1ccc(SCC(=O)NC2CS(=O)(=O)CC2Cl)c(Br)c1. The van der Waals surface area contributed by atoms with Crippen LogP contribution in [0.25, 0.3) is 0 Å². The van der Waals surface area contributed by atoms with Gasteiger partial charge in [0.1, 0.15) is 0 Å². The van der Waals surface area contributed by atoms with E-state index in [4.69, 9.17) is 17.3 Å². The first-order valence-electron chi connectivity index (χ1n) is 6.08. The molecule has 0 aromatic heterocycles. The van der Waals surface area contributed by atoms with Crippen LogP contribution in [0.1, 0.15) is 0 Å². The van der Waals surface area contributed by atoms with E-state index in [1.807, 2.05) is 6.07 Å². The summed E-state index contributed by atoms with van der Waals surface area (Å²) in [7, 11) is -3.14. The number of nitrogens with one attached hydrogen (secondary N) is 1. The predicted octanol–water partition coefficient (Wildman–Crippen LogP) is 1.64. The molecule has 1 saturated heterocycles. The van der Waals surface area contributed by atoms with Gasteiger partial charge in [0.15, 0.2) is 9.84 Å². The minimum atomic E-state index is -3.14. The van der Waals surface area contributed by atoms with Crippen LogP contribution in [0.4, 0.5) is 5.69 Å². The van der Waals surface area contributed by atoms with Crippen LogP contribution in [0.3, 0.4) is 0 Å². The molecule has 2 unspecified atom stereocenters. The first kappa shape index (κ1) is 16.9. The number of rotatable bonds is 4. The van der Waals surface area contributed by atoms with Gasteiger partial charge in [-0.05, 0) is 34.1 Å². The van der Waals surface area contributed by atoms with Crippen LogP contribution in [0.5, 0.6) is 0 Å². The molecule has 1 aromatic carbocycles. The molecule has 0 bridgehead atoms. The fourth-order valence-electron chi connectivity index (χ4n) is 1.96. The van der Waals surface area contributed by atoms with E-state index in [2.05, 4.69) is 21.2 Å². The topological polar surface area (TPSA) is 89.3 Å². The van der Waals surface area contributed by atoms with Crippen molar-refractivity contribution < 1.29 is 13.2 Å². The summed E-state index contributed by atoms with van der Waals surface area (Å²) in [6.45, 7) is 0. The monoisotopic (exact) mass is 412 g/mol. The van der Waals surface area contributed by atoms with E-state index in [-0.39, 0.29) is 23.2 Å². The average Bonchev–Trinajstić information content (AvgIpc) is 2.61. The first-order chi connectivity index (χ1) is 9.77. The predicted molar refractivity (Wildman–Crippen MR) is 89.5 cm³/mol. The third-order valence-electron chi connectivity index (χ3n) is 2.94. The minimum absolute atomic E-state index is 0.0871. The Hall–Kier alpha value is -0.440. The largest absolute Gasteiger partial charge is 0.399 e. The highest BCUT2D eigenvalue weighted by molar-refractivity contribution is 9.10. The van der Waals surface area contributed by atoms with E-state index in [9.17, 15) is 13.2 Å². The van der Waals surface area contributed by atoms with E-state index in [1.165, 1.54) is 11.8 Å². The lowest BCUT2D eigenvalue weighted by Gasteiger charge is -2.14. The van der Waals surface area contributed by atoms with Crippen LogP contribution in [0.15, 0.2) is 27.6 Å². The third kappa shape index (κ3) is 4.77. The minimum Gasteiger partial charge on any atom is -0.399 e. The number of benzene rings is 1. The number of carbonyl (C=O) groups is 1. The van der Waals surface area contributed by atoms with Crippen molar-refractivity contribution in [1.29, 1.82) is 0 Å². The Kier molecular flexibility index (Phi) is 5.45. The van der Waals surface area contributed by atoms with Crippen LogP contribution >= 0.6 is 39.3 Å². The molecule has 1 amide bonds. The lowest BCUT2D eigenvalue weighted by atomic mass is 10.2. The number of sulfone groups is 1. The second kappa shape index (κ2) is 6.76. The fourth-order valence-corrected chi connectivity index (χ4v) is 5.98. The molecule has 21 heavy (non-hydrogen) atoms. The number of amides is 1. The zero-order valence-corrected chi connectivity index (χ0v) is 14.9. The number of hydrogen-bond acceptors (Lipinski definition) is 5. The lowest BCUT2D eigenvalue weighted by molar-refractivity contribution is -0.119. The van der Waals surface area contributed by atoms with Gasteiger partial charge in [0.05, 0.1) is 28.7 Å². The van der Waals surface area contributed by atoms with Crippen molar-refractivity contribution in [2.45, 2.75) is 16.3 Å². The van der Waals surface area contributed by atoms with Gasteiger partial charge in [-0.25, -0.2) is 8.42 Å². The van der Waals surface area contributed by atoms with Gasteiger partial charge in [-0.2, -0.15) is 0 Å². The molecule has 9 heteroatoms. The number of halogens is 2. The normalized spacial score (nSPS) is 23.9. The van der Waals surface area contributed by atoms with E-state index >= 15 is 0 Å². The molecule has 1 aromatic rings. The number of hydrogen-bond donors (Lipinski definition) is 2. The summed E-state index contributed by atoms with van der Waals surface area (Å²) in [5.41, 5.74) is 6.28. The number of carbonyl (C=O) groups excluding carboxylic acids is 1. The highest BCUT2D eigenvalue weighted by Gasteiger charge is 2.37. The van der Waals surface area contributed by atoms with Gasteiger partial charge in [-0.3, -0.25) is 4.79 Å².